The fraction of sp³-hybridized carbons (Fsp3) is 0.600. The first-order valence-corrected chi connectivity index (χ1v) is 4.57. The van der Waals surface area contributed by atoms with E-state index >= 15 is 0 Å². The molecular formula is C10H16N2O. The summed E-state index contributed by atoms with van der Waals surface area (Å²) < 4.78 is 0. The van der Waals surface area contributed by atoms with Gasteiger partial charge in [0, 0.05) is 5.56 Å². The predicted molar refractivity (Wildman–Crippen MR) is 52.9 cm³/mol. The van der Waals surface area contributed by atoms with Gasteiger partial charge < -0.3 is 4.98 Å². The Labute approximate surface area is 78.2 Å². The van der Waals surface area contributed by atoms with Crippen molar-refractivity contribution < 1.29 is 0 Å². The normalized spacial score (nSPS) is 10.8. The van der Waals surface area contributed by atoms with Crippen LogP contribution in [0.1, 0.15) is 30.9 Å². The molecule has 3 heteroatoms. The van der Waals surface area contributed by atoms with Crippen LogP contribution < -0.4 is 5.56 Å². The lowest BCUT2D eigenvalue weighted by atomic mass is 10.1. The van der Waals surface area contributed by atoms with Gasteiger partial charge in [-0.15, -0.1) is 0 Å². The van der Waals surface area contributed by atoms with Gasteiger partial charge in [-0.1, -0.05) is 13.8 Å². The molecule has 0 saturated carbocycles. The molecule has 0 aliphatic rings. The van der Waals surface area contributed by atoms with Crippen molar-refractivity contribution in [3.8, 4) is 0 Å². The van der Waals surface area contributed by atoms with Crippen molar-refractivity contribution in [1.82, 2.24) is 9.97 Å². The Hall–Kier alpha value is -1.12. The molecule has 0 bridgehead atoms. The van der Waals surface area contributed by atoms with E-state index < -0.39 is 0 Å². The van der Waals surface area contributed by atoms with Gasteiger partial charge in [-0.05, 0) is 26.2 Å². The molecule has 1 aromatic heterocycles. The quantitative estimate of drug-likeness (QED) is 0.751. The smallest absolute Gasteiger partial charge is 0.254 e. The average molecular weight is 180 g/mol. The second kappa shape index (κ2) is 3.73. The second-order valence-corrected chi connectivity index (χ2v) is 3.82. The van der Waals surface area contributed by atoms with Crippen molar-refractivity contribution in [2.75, 3.05) is 0 Å². The molecule has 1 heterocycles. The van der Waals surface area contributed by atoms with Crippen molar-refractivity contribution >= 4 is 0 Å². The SMILES string of the molecule is Cc1nc(CC(C)C)c(C)c(=O)[nH]1. The van der Waals surface area contributed by atoms with Gasteiger partial charge in [0.05, 0.1) is 5.69 Å². The summed E-state index contributed by atoms with van der Waals surface area (Å²) >= 11 is 0. The van der Waals surface area contributed by atoms with E-state index in [4.69, 9.17) is 0 Å². The van der Waals surface area contributed by atoms with Crippen LogP contribution in [-0.2, 0) is 6.42 Å². The van der Waals surface area contributed by atoms with Gasteiger partial charge >= 0.3 is 0 Å². The zero-order valence-corrected chi connectivity index (χ0v) is 8.64. The van der Waals surface area contributed by atoms with E-state index in [1.807, 2.05) is 13.8 Å². The van der Waals surface area contributed by atoms with Crippen LogP contribution in [0.5, 0.6) is 0 Å². The maximum Gasteiger partial charge on any atom is 0.254 e. The van der Waals surface area contributed by atoms with E-state index in [-0.39, 0.29) is 5.56 Å². The number of nitrogens with zero attached hydrogens (tertiary/aromatic N) is 1. The predicted octanol–water partition coefficient (Wildman–Crippen LogP) is 1.59. The summed E-state index contributed by atoms with van der Waals surface area (Å²) in [5, 5.41) is 0. The van der Waals surface area contributed by atoms with Gasteiger partial charge in [0.25, 0.3) is 5.56 Å². The largest absolute Gasteiger partial charge is 0.311 e. The van der Waals surface area contributed by atoms with Crippen LogP contribution in [0.25, 0.3) is 0 Å². The fourth-order valence-electron chi connectivity index (χ4n) is 1.29. The lowest BCUT2D eigenvalue weighted by Gasteiger charge is -2.07. The Balaban J connectivity index is 3.13. The molecule has 0 radical (unpaired) electrons. The van der Waals surface area contributed by atoms with Crippen LogP contribution in [0.2, 0.25) is 0 Å². The minimum absolute atomic E-state index is 0.0110. The maximum atomic E-state index is 11.3. The Kier molecular flexibility index (Phi) is 2.86. The highest BCUT2D eigenvalue weighted by molar-refractivity contribution is 5.16. The van der Waals surface area contributed by atoms with E-state index in [1.54, 1.807) is 0 Å². The summed E-state index contributed by atoms with van der Waals surface area (Å²) in [5.74, 6) is 1.23. The topological polar surface area (TPSA) is 45.8 Å². The number of rotatable bonds is 2. The molecule has 0 atom stereocenters. The molecule has 13 heavy (non-hydrogen) atoms. The number of hydrogen-bond donors (Lipinski definition) is 1. The van der Waals surface area contributed by atoms with Gasteiger partial charge in [0.2, 0.25) is 0 Å². The van der Waals surface area contributed by atoms with Crippen LogP contribution in [-0.4, -0.2) is 9.97 Å². The number of H-pyrrole nitrogens is 1. The summed E-state index contributed by atoms with van der Waals surface area (Å²) in [6, 6.07) is 0. The number of aromatic nitrogens is 2. The fourth-order valence-corrected chi connectivity index (χ4v) is 1.29. The highest BCUT2D eigenvalue weighted by atomic mass is 16.1. The van der Waals surface area contributed by atoms with Gasteiger partial charge in [-0.2, -0.15) is 0 Å². The third-order valence-electron chi connectivity index (χ3n) is 1.97. The molecule has 72 valence electrons. The van der Waals surface area contributed by atoms with Gasteiger partial charge in [0.1, 0.15) is 5.82 Å². The zero-order valence-electron chi connectivity index (χ0n) is 8.64. The highest BCUT2D eigenvalue weighted by Gasteiger charge is 2.06. The summed E-state index contributed by atoms with van der Waals surface area (Å²) in [6.07, 6.45) is 0.872. The van der Waals surface area contributed by atoms with E-state index in [0.29, 0.717) is 11.7 Å². The number of aromatic amines is 1. The first-order chi connectivity index (χ1) is 6.00. The molecule has 0 aliphatic carbocycles. The van der Waals surface area contributed by atoms with E-state index in [9.17, 15) is 4.79 Å². The van der Waals surface area contributed by atoms with Crippen LogP contribution in [0.4, 0.5) is 0 Å². The number of hydrogen-bond acceptors (Lipinski definition) is 2. The Morgan fingerprint density at radius 1 is 1.38 bits per heavy atom. The summed E-state index contributed by atoms with van der Waals surface area (Å²) in [4.78, 5) is 18.4. The number of nitrogens with one attached hydrogen (secondary N) is 1. The number of aryl methyl sites for hydroxylation is 1. The highest BCUT2D eigenvalue weighted by Crippen LogP contribution is 2.06. The maximum absolute atomic E-state index is 11.3. The van der Waals surface area contributed by atoms with Gasteiger partial charge in [-0.3, -0.25) is 4.79 Å². The monoisotopic (exact) mass is 180 g/mol. The molecule has 1 rings (SSSR count). The Bertz CT molecular complexity index is 352. The molecule has 0 fully saturated rings. The van der Waals surface area contributed by atoms with Crippen molar-refractivity contribution in [2.24, 2.45) is 5.92 Å². The summed E-state index contributed by atoms with van der Waals surface area (Å²) in [5.41, 5.74) is 1.67. The Morgan fingerprint density at radius 3 is 2.54 bits per heavy atom. The Morgan fingerprint density at radius 2 is 2.00 bits per heavy atom. The molecule has 0 aliphatic heterocycles. The lowest BCUT2D eigenvalue weighted by Crippen LogP contribution is -2.17. The first kappa shape index (κ1) is 9.96. The second-order valence-electron chi connectivity index (χ2n) is 3.82. The average Bonchev–Trinajstić information content (AvgIpc) is 1.98. The van der Waals surface area contributed by atoms with Crippen LogP contribution in [0.3, 0.4) is 0 Å². The molecule has 1 aromatic rings. The minimum atomic E-state index is -0.0110. The van der Waals surface area contributed by atoms with Gasteiger partial charge in [-0.25, -0.2) is 4.98 Å². The van der Waals surface area contributed by atoms with Crippen molar-refractivity contribution in [3.05, 3.63) is 27.4 Å². The zero-order chi connectivity index (χ0) is 10.0. The van der Waals surface area contributed by atoms with Crippen molar-refractivity contribution in [3.63, 3.8) is 0 Å². The third-order valence-corrected chi connectivity index (χ3v) is 1.97. The first-order valence-electron chi connectivity index (χ1n) is 4.57. The van der Waals surface area contributed by atoms with Crippen molar-refractivity contribution in [2.45, 2.75) is 34.1 Å². The molecule has 0 amide bonds. The van der Waals surface area contributed by atoms with Crippen LogP contribution in [0, 0.1) is 19.8 Å². The van der Waals surface area contributed by atoms with E-state index in [2.05, 4.69) is 23.8 Å². The van der Waals surface area contributed by atoms with Crippen LogP contribution >= 0.6 is 0 Å². The minimum Gasteiger partial charge on any atom is -0.311 e. The van der Waals surface area contributed by atoms with E-state index in [0.717, 1.165) is 17.7 Å². The molecule has 3 nitrogen and oxygen atoms in total. The van der Waals surface area contributed by atoms with Gasteiger partial charge in [0.15, 0.2) is 0 Å². The standard InChI is InChI=1S/C10H16N2O/c1-6(2)5-9-7(3)10(13)12-8(4)11-9/h6H,5H2,1-4H3,(H,11,12,13). The van der Waals surface area contributed by atoms with E-state index in [1.165, 1.54) is 0 Å². The molecule has 0 spiro atoms. The van der Waals surface area contributed by atoms with Crippen LogP contribution in [0.15, 0.2) is 4.79 Å². The lowest BCUT2D eigenvalue weighted by molar-refractivity contribution is 0.627. The molecule has 1 N–H and O–H groups in total. The molecular weight excluding hydrogens is 164 g/mol. The summed E-state index contributed by atoms with van der Waals surface area (Å²) in [7, 11) is 0. The third kappa shape index (κ3) is 2.41. The summed E-state index contributed by atoms with van der Waals surface area (Å²) in [6.45, 7) is 7.88. The molecule has 0 saturated heterocycles. The molecule has 0 unspecified atom stereocenters. The van der Waals surface area contributed by atoms with Crippen molar-refractivity contribution in [1.29, 1.82) is 0 Å². The molecule has 0 aromatic carbocycles.